The first-order valence-corrected chi connectivity index (χ1v) is 6.58. The van der Waals surface area contributed by atoms with Gasteiger partial charge in [-0.2, -0.15) is 0 Å². The minimum absolute atomic E-state index is 0.462. The molecule has 1 aliphatic rings. The van der Waals surface area contributed by atoms with Crippen LogP contribution in [0.4, 0.5) is 11.5 Å². The van der Waals surface area contributed by atoms with Crippen molar-refractivity contribution in [1.29, 1.82) is 0 Å². The van der Waals surface area contributed by atoms with Gasteiger partial charge in [0.25, 0.3) is 0 Å². The lowest BCUT2D eigenvalue weighted by atomic mass is 9.97. The first kappa shape index (κ1) is 12.0. The Morgan fingerprint density at radius 2 is 2.05 bits per heavy atom. The van der Waals surface area contributed by atoms with E-state index in [0.717, 1.165) is 29.6 Å². The van der Waals surface area contributed by atoms with E-state index >= 15 is 0 Å². The van der Waals surface area contributed by atoms with Gasteiger partial charge in [-0.05, 0) is 11.5 Å². The highest BCUT2D eigenvalue weighted by Crippen LogP contribution is 2.32. The van der Waals surface area contributed by atoms with Gasteiger partial charge in [-0.3, -0.25) is 0 Å². The second-order valence-corrected chi connectivity index (χ2v) is 5.20. The van der Waals surface area contributed by atoms with Gasteiger partial charge in [-0.25, -0.2) is 9.97 Å². The molecule has 2 heterocycles. The van der Waals surface area contributed by atoms with E-state index < -0.39 is 0 Å². The van der Waals surface area contributed by atoms with Crippen LogP contribution in [0.3, 0.4) is 0 Å². The molecule has 19 heavy (non-hydrogen) atoms. The molecule has 0 unspecified atom stereocenters. The van der Waals surface area contributed by atoms with Crippen molar-refractivity contribution in [2.45, 2.75) is 19.8 Å². The van der Waals surface area contributed by atoms with Crippen molar-refractivity contribution in [2.75, 3.05) is 23.9 Å². The van der Waals surface area contributed by atoms with Gasteiger partial charge in [-0.15, -0.1) is 0 Å². The first-order valence-electron chi connectivity index (χ1n) is 6.58. The third-order valence-electron chi connectivity index (χ3n) is 3.49. The predicted molar refractivity (Wildman–Crippen MR) is 78.4 cm³/mol. The van der Waals surface area contributed by atoms with Gasteiger partial charge in [0, 0.05) is 12.6 Å². The average Bonchev–Trinajstić information content (AvgIpc) is 2.80. The number of anilines is 2. The molecule has 0 atom stereocenters. The van der Waals surface area contributed by atoms with Crippen molar-refractivity contribution in [3.8, 4) is 11.4 Å². The third-order valence-corrected chi connectivity index (χ3v) is 3.49. The zero-order chi connectivity index (χ0) is 13.4. The highest BCUT2D eigenvalue weighted by atomic mass is 15.3. The summed E-state index contributed by atoms with van der Waals surface area (Å²) in [7, 11) is 2.03. The summed E-state index contributed by atoms with van der Waals surface area (Å²) < 4.78 is 0. The Hall–Kier alpha value is -2.10. The van der Waals surface area contributed by atoms with Crippen LogP contribution in [0, 0.1) is 0 Å². The summed E-state index contributed by atoms with van der Waals surface area (Å²) in [6, 6.07) is 8.35. The molecule has 0 bridgehead atoms. The molecule has 0 saturated heterocycles. The van der Waals surface area contributed by atoms with Crippen LogP contribution in [0.1, 0.15) is 25.3 Å². The van der Waals surface area contributed by atoms with E-state index in [2.05, 4.69) is 52.2 Å². The Bertz CT molecular complexity index is 607. The molecule has 0 radical (unpaired) electrons. The Labute approximate surface area is 113 Å². The summed E-state index contributed by atoms with van der Waals surface area (Å²) in [6.45, 7) is 5.18. The second-order valence-electron chi connectivity index (χ2n) is 5.20. The molecule has 4 nitrogen and oxygen atoms in total. The molecule has 0 amide bonds. The van der Waals surface area contributed by atoms with E-state index in [-0.39, 0.29) is 0 Å². The van der Waals surface area contributed by atoms with Crippen molar-refractivity contribution < 1.29 is 0 Å². The number of benzene rings is 1. The molecule has 0 saturated carbocycles. The molecular formula is C15H18N4. The minimum atomic E-state index is 0.462. The normalized spacial score (nSPS) is 13.6. The van der Waals surface area contributed by atoms with Gasteiger partial charge in [-0.1, -0.05) is 38.1 Å². The molecule has 2 aromatic rings. The maximum Gasteiger partial charge on any atom is 0.161 e. The zero-order valence-electron chi connectivity index (χ0n) is 11.5. The first-order chi connectivity index (χ1) is 9.16. The van der Waals surface area contributed by atoms with Crippen LogP contribution in [0.25, 0.3) is 11.4 Å². The molecule has 1 aliphatic heterocycles. The lowest BCUT2D eigenvalue weighted by molar-refractivity contribution is 0.866. The van der Waals surface area contributed by atoms with Gasteiger partial charge in [0.05, 0.1) is 18.6 Å². The van der Waals surface area contributed by atoms with E-state index in [1.165, 1.54) is 5.56 Å². The van der Waals surface area contributed by atoms with Crippen LogP contribution < -0.4 is 10.2 Å². The number of hydrogen-bond donors (Lipinski definition) is 1. The molecule has 0 spiro atoms. The van der Waals surface area contributed by atoms with E-state index in [4.69, 9.17) is 0 Å². The lowest BCUT2D eigenvalue weighted by Crippen LogP contribution is -2.15. The van der Waals surface area contributed by atoms with E-state index in [9.17, 15) is 0 Å². The summed E-state index contributed by atoms with van der Waals surface area (Å²) in [5.41, 5.74) is 3.47. The second kappa shape index (κ2) is 4.53. The summed E-state index contributed by atoms with van der Waals surface area (Å²) >= 11 is 0. The molecule has 1 aromatic heterocycles. The Kier molecular flexibility index (Phi) is 2.85. The fraction of sp³-hybridized carbons (Fsp3) is 0.333. The maximum atomic E-state index is 4.65. The summed E-state index contributed by atoms with van der Waals surface area (Å²) in [5.74, 6) is 2.18. The van der Waals surface area contributed by atoms with Crippen LogP contribution in [0.15, 0.2) is 30.5 Å². The Balaban J connectivity index is 2.09. The van der Waals surface area contributed by atoms with Crippen LogP contribution in [-0.4, -0.2) is 23.7 Å². The number of hydrogen-bond acceptors (Lipinski definition) is 4. The van der Waals surface area contributed by atoms with Crippen LogP contribution in [0.5, 0.6) is 0 Å². The highest BCUT2D eigenvalue weighted by Gasteiger charge is 2.19. The minimum Gasteiger partial charge on any atom is -0.353 e. The van der Waals surface area contributed by atoms with Gasteiger partial charge in [0.15, 0.2) is 11.6 Å². The standard InChI is InChI=1S/C15H18N4/c1-10(2)11-6-4-5-7-12(11)14-16-8-13-15(18-14)17-9-19(13)3/h4-8,10H,9H2,1-3H3,(H,16,17,18). The molecule has 98 valence electrons. The SMILES string of the molecule is CC(C)c1ccccc1-c1ncc2c(n1)NCN2C. The smallest absolute Gasteiger partial charge is 0.161 e. The van der Waals surface area contributed by atoms with E-state index in [0.29, 0.717) is 5.92 Å². The number of fused-ring (bicyclic) bond motifs is 1. The van der Waals surface area contributed by atoms with Crippen LogP contribution in [0.2, 0.25) is 0 Å². The molecule has 1 aromatic carbocycles. The van der Waals surface area contributed by atoms with E-state index in [1.54, 1.807) is 0 Å². The summed E-state index contributed by atoms with van der Waals surface area (Å²) in [4.78, 5) is 11.3. The van der Waals surface area contributed by atoms with E-state index in [1.807, 2.05) is 19.3 Å². The Morgan fingerprint density at radius 3 is 2.84 bits per heavy atom. The van der Waals surface area contributed by atoms with Crippen molar-refractivity contribution in [1.82, 2.24) is 9.97 Å². The van der Waals surface area contributed by atoms with Crippen molar-refractivity contribution in [3.63, 3.8) is 0 Å². The topological polar surface area (TPSA) is 41.1 Å². The van der Waals surface area contributed by atoms with Gasteiger partial charge >= 0.3 is 0 Å². The number of nitrogens with one attached hydrogen (secondary N) is 1. The maximum absolute atomic E-state index is 4.65. The lowest BCUT2D eigenvalue weighted by Gasteiger charge is -2.12. The number of rotatable bonds is 2. The fourth-order valence-electron chi connectivity index (χ4n) is 2.40. The monoisotopic (exact) mass is 254 g/mol. The number of aromatic nitrogens is 2. The molecule has 3 rings (SSSR count). The molecule has 0 aliphatic carbocycles. The molecule has 0 fully saturated rings. The van der Waals surface area contributed by atoms with Gasteiger partial charge < -0.3 is 10.2 Å². The van der Waals surface area contributed by atoms with Gasteiger partial charge in [0.2, 0.25) is 0 Å². The van der Waals surface area contributed by atoms with Crippen molar-refractivity contribution in [2.24, 2.45) is 0 Å². The molecule has 1 N–H and O–H groups in total. The zero-order valence-corrected chi connectivity index (χ0v) is 11.5. The Morgan fingerprint density at radius 1 is 1.26 bits per heavy atom. The summed E-state index contributed by atoms with van der Waals surface area (Å²) in [6.07, 6.45) is 1.90. The molecular weight excluding hydrogens is 236 g/mol. The molecule has 4 heteroatoms. The van der Waals surface area contributed by atoms with Crippen LogP contribution >= 0.6 is 0 Å². The largest absolute Gasteiger partial charge is 0.353 e. The summed E-state index contributed by atoms with van der Waals surface area (Å²) in [5, 5.41) is 3.28. The average molecular weight is 254 g/mol. The number of nitrogens with zero attached hydrogens (tertiary/aromatic N) is 3. The third kappa shape index (κ3) is 2.03. The highest BCUT2D eigenvalue weighted by molar-refractivity contribution is 5.73. The fourth-order valence-corrected chi connectivity index (χ4v) is 2.40. The van der Waals surface area contributed by atoms with Crippen molar-refractivity contribution >= 4 is 11.5 Å². The van der Waals surface area contributed by atoms with Gasteiger partial charge in [0.1, 0.15) is 0 Å². The predicted octanol–water partition coefficient (Wildman–Crippen LogP) is 3.09. The quantitative estimate of drug-likeness (QED) is 0.894. The van der Waals surface area contributed by atoms with Crippen molar-refractivity contribution in [3.05, 3.63) is 36.0 Å². The van der Waals surface area contributed by atoms with Crippen LogP contribution in [-0.2, 0) is 0 Å².